The lowest BCUT2D eigenvalue weighted by Gasteiger charge is -2.10. The fourth-order valence-corrected chi connectivity index (χ4v) is 0.718. The molecule has 0 radical (unpaired) electrons. The van der Waals surface area contributed by atoms with Crippen molar-refractivity contribution in [1.29, 1.82) is 0 Å². The summed E-state index contributed by atoms with van der Waals surface area (Å²) in [5, 5.41) is 16.9. The Hall–Kier alpha value is -0.450. The minimum absolute atomic E-state index is 0.170. The molecule has 0 aliphatic heterocycles. The number of hydrogen-bond donors (Lipinski definition) is 2. The first-order valence-electron chi connectivity index (χ1n) is 3.63. The quantitative estimate of drug-likeness (QED) is 0.415. The molecule has 0 spiro atoms. The summed E-state index contributed by atoms with van der Waals surface area (Å²) >= 11 is 0. The Bertz CT molecular complexity index is 103. The van der Waals surface area contributed by atoms with E-state index in [4.69, 9.17) is 14.9 Å². The van der Waals surface area contributed by atoms with E-state index in [9.17, 15) is 4.79 Å². The van der Waals surface area contributed by atoms with Gasteiger partial charge in [-0.25, -0.2) is 0 Å². The summed E-state index contributed by atoms with van der Waals surface area (Å²) in [5.41, 5.74) is 0. The van der Waals surface area contributed by atoms with E-state index >= 15 is 0 Å². The van der Waals surface area contributed by atoms with Gasteiger partial charge in [0.2, 0.25) is 0 Å². The zero-order valence-electron chi connectivity index (χ0n) is 6.56. The molecule has 0 amide bonds. The molecule has 0 heterocycles. The first-order valence-corrected chi connectivity index (χ1v) is 3.63. The summed E-state index contributed by atoms with van der Waals surface area (Å²) in [5.74, 6) is 0. The van der Waals surface area contributed by atoms with Gasteiger partial charge in [-0.15, -0.1) is 0 Å². The molecule has 0 aliphatic rings. The molecule has 11 heavy (non-hydrogen) atoms. The molecule has 4 heteroatoms. The molecule has 0 rings (SSSR count). The maximum Gasteiger partial charge on any atom is 0.151 e. The Morgan fingerprint density at radius 3 is 2.45 bits per heavy atom. The van der Waals surface area contributed by atoms with Crippen LogP contribution < -0.4 is 0 Å². The zero-order chi connectivity index (χ0) is 8.69. The van der Waals surface area contributed by atoms with Crippen molar-refractivity contribution in [2.75, 3.05) is 6.61 Å². The van der Waals surface area contributed by atoms with Crippen molar-refractivity contribution >= 4 is 6.29 Å². The van der Waals surface area contributed by atoms with E-state index in [0.29, 0.717) is 19.3 Å². The van der Waals surface area contributed by atoms with Gasteiger partial charge in [-0.05, 0) is 13.3 Å². The van der Waals surface area contributed by atoms with Gasteiger partial charge in [-0.3, -0.25) is 0 Å². The van der Waals surface area contributed by atoms with Gasteiger partial charge in [0.05, 0.1) is 0 Å². The van der Waals surface area contributed by atoms with E-state index in [-0.39, 0.29) is 6.42 Å². The SMILES string of the molecule is CCOC(C=O)CCC(O)O. The van der Waals surface area contributed by atoms with Gasteiger partial charge in [0, 0.05) is 13.0 Å². The van der Waals surface area contributed by atoms with Crippen LogP contribution in [0.25, 0.3) is 0 Å². The summed E-state index contributed by atoms with van der Waals surface area (Å²) < 4.78 is 4.95. The highest BCUT2D eigenvalue weighted by Gasteiger charge is 2.08. The van der Waals surface area contributed by atoms with Gasteiger partial charge in [-0.2, -0.15) is 0 Å². The van der Waals surface area contributed by atoms with Crippen LogP contribution >= 0.6 is 0 Å². The molecule has 0 aromatic heterocycles. The average Bonchev–Trinajstić information content (AvgIpc) is 1.97. The van der Waals surface area contributed by atoms with E-state index in [1.807, 2.05) is 0 Å². The number of rotatable bonds is 6. The lowest BCUT2D eigenvalue weighted by Crippen LogP contribution is -2.17. The highest BCUT2D eigenvalue weighted by atomic mass is 16.5. The smallest absolute Gasteiger partial charge is 0.151 e. The molecule has 2 N–H and O–H groups in total. The lowest BCUT2D eigenvalue weighted by atomic mass is 10.2. The van der Waals surface area contributed by atoms with E-state index in [1.54, 1.807) is 6.92 Å². The van der Waals surface area contributed by atoms with Crippen molar-refractivity contribution in [2.24, 2.45) is 0 Å². The Morgan fingerprint density at radius 2 is 2.09 bits per heavy atom. The van der Waals surface area contributed by atoms with Crippen LogP contribution in [-0.4, -0.2) is 35.5 Å². The van der Waals surface area contributed by atoms with Crippen LogP contribution in [0.5, 0.6) is 0 Å². The van der Waals surface area contributed by atoms with E-state index in [2.05, 4.69) is 0 Å². The molecular formula is C7H14O4. The molecule has 0 saturated heterocycles. The van der Waals surface area contributed by atoms with Crippen molar-refractivity contribution < 1.29 is 19.7 Å². The van der Waals surface area contributed by atoms with Crippen LogP contribution in [0, 0.1) is 0 Å². The molecular weight excluding hydrogens is 148 g/mol. The highest BCUT2D eigenvalue weighted by molar-refractivity contribution is 5.55. The van der Waals surface area contributed by atoms with Crippen LogP contribution in [0.2, 0.25) is 0 Å². The zero-order valence-corrected chi connectivity index (χ0v) is 6.56. The molecule has 0 bridgehead atoms. The second kappa shape index (κ2) is 6.27. The molecule has 0 saturated carbocycles. The molecule has 66 valence electrons. The predicted octanol–water partition coefficient (Wildman–Crippen LogP) is -0.319. The standard InChI is InChI=1S/C7H14O4/c1-2-11-6(5-8)3-4-7(9)10/h5-7,9-10H,2-4H2,1H3. The monoisotopic (exact) mass is 162 g/mol. The van der Waals surface area contributed by atoms with E-state index < -0.39 is 12.4 Å². The maximum absolute atomic E-state index is 10.2. The van der Waals surface area contributed by atoms with Crippen LogP contribution in [0.4, 0.5) is 0 Å². The maximum atomic E-state index is 10.2. The average molecular weight is 162 g/mol. The first kappa shape index (κ1) is 10.6. The number of ether oxygens (including phenoxy) is 1. The summed E-state index contributed by atoms with van der Waals surface area (Å²) in [7, 11) is 0. The number of aliphatic hydroxyl groups is 2. The second-order valence-corrected chi connectivity index (χ2v) is 2.19. The van der Waals surface area contributed by atoms with Crippen molar-refractivity contribution in [3.63, 3.8) is 0 Å². The fraction of sp³-hybridized carbons (Fsp3) is 0.857. The Balaban J connectivity index is 3.43. The number of aldehydes is 1. The first-order chi connectivity index (χ1) is 5.20. The van der Waals surface area contributed by atoms with Crippen LogP contribution in [0.3, 0.4) is 0 Å². The van der Waals surface area contributed by atoms with Crippen molar-refractivity contribution in [3.8, 4) is 0 Å². The third-order valence-electron chi connectivity index (χ3n) is 1.24. The summed E-state index contributed by atoms with van der Waals surface area (Å²) in [6.07, 6.45) is -0.649. The van der Waals surface area contributed by atoms with Gasteiger partial charge in [-0.1, -0.05) is 0 Å². The second-order valence-electron chi connectivity index (χ2n) is 2.19. The molecule has 1 unspecified atom stereocenters. The molecule has 0 aromatic rings. The summed E-state index contributed by atoms with van der Waals surface area (Å²) in [6.45, 7) is 2.25. The highest BCUT2D eigenvalue weighted by Crippen LogP contribution is 2.01. The van der Waals surface area contributed by atoms with Gasteiger partial charge in [0.15, 0.2) is 6.29 Å². The van der Waals surface area contributed by atoms with Gasteiger partial charge >= 0.3 is 0 Å². The number of carbonyl (C=O) groups excluding carboxylic acids is 1. The molecule has 0 aliphatic carbocycles. The summed E-state index contributed by atoms with van der Waals surface area (Å²) in [4.78, 5) is 10.2. The Labute approximate surface area is 65.8 Å². The van der Waals surface area contributed by atoms with E-state index in [1.165, 1.54) is 0 Å². The van der Waals surface area contributed by atoms with Crippen LogP contribution in [0.15, 0.2) is 0 Å². The minimum Gasteiger partial charge on any atom is -0.371 e. The normalized spacial score (nSPS) is 13.5. The van der Waals surface area contributed by atoms with Crippen LogP contribution in [-0.2, 0) is 9.53 Å². The molecule has 0 fully saturated rings. The fourth-order valence-electron chi connectivity index (χ4n) is 0.718. The van der Waals surface area contributed by atoms with Gasteiger partial charge < -0.3 is 19.7 Å². The predicted molar refractivity (Wildman–Crippen MR) is 38.9 cm³/mol. The van der Waals surface area contributed by atoms with Crippen molar-refractivity contribution in [3.05, 3.63) is 0 Å². The molecule has 0 aromatic carbocycles. The van der Waals surface area contributed by atoms with Gasteiger partial charge in [0.1, 0.15) is 12.4 Å². The van der Waals surface area contributed by atoms with Crippen LogP contribution in [0.1, 0.15) is 19.8 Å². The largest absolute Gasteiger partial charge is 0.371 e. The van der Waals surface area contributed by atoms with E-state index in [0.717, 1.165) is 0 Å². The Kier molecular flexibility index (Phi) is 6.02. The molecule has 4 nitrogen and oxygen atoms in total. The topological polar surface area (TPSA) is 66.8 Å². The molecule has 1 atom stereocenters. The summed E-state index contributed by atoms with van der Waals surface area (Å²) in [6, 6.07) is 0. The number of hydrogen-bond acceptors (Lipinski definition) is 4. The third-order valence-corrected chi connectivity index (χ3v) is 1.24. The minimum atomic E-state index is -1.35. The van der Waals surface area contributed by atoms with Crippen molar-refractivity contribution in [1.82, 2.24) is 0 Å². The Morgan fingerprint density at radius 1 is 1.45 bits per heavy atom. The van der Waals surface area contributed by atoms with Crippen molar-refractivity contribution in [2.45, 2.75) is 32.2 Å². The number of carbonyl (C=O) groups is 1. The number of aliphatic hydroxyl groups excluding tert-OH is 1. The lowest BCUT2D eigenvalue weighted by molar-refractivity contribution is -0.119. The van der Waals surface area contributed by atoms with Gasteiger partial charge in [0.25, 0.3) is 0 Å². The third kappa shape index (κ3) is 5.97.